The molecule has 1 unspecified atom stereocenters. The van der Waals surface area contributed by atoms with Crippen molar-refractivity contribution in [1.82, 2.24) is 34.2 Å². The molecule has 226 valence electrons. The number of imidazole rings is 1. The number of carbonyl (C=O) groups is 2. The molecule has 43 heavy (non-hydrogen) atoms. The quantitative estimate of drug-likeness (QED) is 0.290. The van der Waals surface area contributed by atoms with Gasteiger partial charge in [-0.3, -0.25) is 9.13 Å². The Morgan fingerprint density at radius 2 is 2.00 bits per heavy atom. The van der Waals surface area contributed by atoms with Crippen LogP contribution in [0.5, 0.6) is 0 Å². The van der Waals surface area contributed by atoms with Crippen LogP contribution in [0.2, 0.25) is 0 Å². The lowest BCUT2D eigenvalue weighted by molar-refractivity contribution is -0.159. The molecule has 0 spiro atoms. The van der Waals surface area contributed by atoms with Crippen LogP contribution in [0, 0.1) is 0 Å². The highest BCUT2D eigenvalue weighted by Gasteiger charge is 2.49. The third-order valence-corrected chi connectivity index (χ3v) is 8.94. The van der Waals surface area contributed by atoms with Gasteiger partial charge in [0.25, 0.3) is 0 Å². The number of amides is 1. The molecule has 0 aromatic carbocycles. The molecule has 0 bridgehead atoms. The molecule has 0 radical (unpaired) electrons. The summed E-state index contributed by atoms with van der Waals surface area (Å²) in [4.78, 5) is 48.0. The minimum Gasteiger partial charge on any atom is -0.464 e. The summed E-state index contributed by atoms with van der Waals surface area (Å²) >= 11 is 0. The number of pyridine rings is 2. The first-order valence-corrected chi connectivity index (χ1v) is 14.7. The number of nitrogens with zero attached hydrogens (tertiary/aromatic N) is 6. The summed E-state index contributed by atoms with van der Waals surface area (Å²) < 4.78 is 46.8. The van der Waals surface area contributed by atoms with E-state index in [2.05, 4.69) is 25.5 Å². The average molecular weight is 593 g/mol. The number of aromatic nitrogens is 6. The highest BCUT2D eigenvalue weighted by atomic mass is 16.5. The van der Waals surface area contributed by atoms with Gasteiger partial charge >= 0.3 is 17.8 Å². The van der Waals surface area contributed by atoms with Gasteiger partial charge in [-0.05, 0) is 75.8 Å². The van der Waals surface area contributed by atoms with E-state index in [1.165, 1.54) is 17.9 Å². The fraction of sp³-hybridized carbons (Fsp3) is 0.533. The molecule has 2 atom stereocenters. The molecule has 0 aliphatic heterocycles. The van der Waals surface area contributed by atoms with Crippen molar-refractivity contribution in [3.05, 3.63) is 40.6 Å². The standard InChI is InChI=1S/C30H36N8O5/c1-4-43-27(39)30(10-5-11-30)38-26-21(15-32-38)20(17-6-7-17)13-25(35-26)34-24-14-22-23(16-31-24)36(2)29(41)37(22)19-9-8-18(12-19)33-28(40)42-3/h13-19H,4-12H2,1-3H3,(H,33,40)(H,31,34,35)/t18?,19-/m1/s1/i2D3,18D. The number of esters is 1. The van der Waals surface area contributed by atoms with Crippen molar-refractivity contribution < 1.29 is 24.5 Å². The summed E-state index contributed by atoms with van der Waals surface area (Å²) in [5.41, 5.74) is 0.393. The van der Waals surface area contributed by atoms with Crippen molar-refractivity contribution in [3.8, 4) is 0 Å². The summed E-state index contributed by atoms with van der Waals surface area (Å²) in [7, 11) is 1.21. The van der Waals surface area contributed by atoms with Gasteiger partial charge in [0, 0.05) is 34.6 Å². The third-order valence-electron chi connectivity index (χ3n) is 8.94. The Labute approximate surface area is 253 Å². The predicted octanol–water partition coefficient (Wildman–Crippen LogP) is 3.99. The molecular formula is C30H36N8O5. The lowest BCUT2D eigenvalue weighted by Gasteiger charge is -2.39. The van der Waals surface area contributed by atoms with Crippen LogP contribution in [0.25, 0.3) is 22.1 Å². The van der Waals surface area contributed by atoms with Gasteiger partial charge in [-0.1, -0.05) is 0 Å². The largest absolute Gasteiger partial charge is 0.464 e. The van der Waals surface area contributed by atoms with Crippen LogP contribution in [0.3, 0.4) is 0 Å². The number of anilines is 2. The van der Waals surface area contributed by atoms with Crippen molar-refractivity contribution in [3.63, 3.8) is 0 Å². The molecule has 2 N–H and O–H groups in total. The molecule has 4 aromatic heterocycles. The van der Waals surface area contributed by atoms with E-state index in [0.29, 0.717) is 48.0 Å². The van der Waals surface area contributed by atoms with E-state index in [-0.39, 0.29) is 30.9 Å². The van der Waals surface area contributed by atoms with Crippen LogP contribution in [0.4, 0.5) is 16.4 Å². The van der Waals surface area contributed by atoms with Crippen LogP contribution in [-0.4, -0.2) is 60.7 Å². The first-order chi connectivity index (χ1) is 22.4. The Morgan fingerprint density at radius 3 is 2.70 bits per heavy atom. The Kier molecular flexibility index (Phi) is 5.58. The molecule has 3 fully saturated rings. The number of hydrogen-bond acceptors (Lipinski definition) is 9. The average Bonchev–Trinajstić information content (AvgIpc) is 3.54. The topological polar surface area (TPSA) is 147 Å². The highest BCUT2D eigenvalue weighted by Crippen LogP contribution is 2.46. The van der Waals surface area contributed by atoms with E-state index in [9.17, 15) is 14.4 Å². The number of carbonyl (C=O) groups excluding carboxylic acids is 2. The molecule has 13 heteroatoms. The monoisotopic (exact) mass is 592 g/mol. The molecule has 4 aromatic rings. The smallest absolute Gasteiger partial charge is 0.407 e. The van der Waals surface area contributed by atoms with Crippen molar-refractivity contribution in [1.29, 1.82) is 0 Å². The predicted molar refractivity (Wildman–Crippen MR) is 158 cm³/mol. The molecular weight excluding hydrogens is 552 g/mol. The SMILES string of the molecule is [2H]C1(NC(=O)OC)CC[C@@H](n2c(=O)n(C([2H])([2H])[2H])c3cnc(Nc4cc(C5CC5)c5cnn(C6(C(=O)OCC)CCC6)c5n4)cc32)C1. The first-order valence-electron chi connectivity index (χ1n) is 16.7. The molecule has 1 amide bonds. The number of fused-ring (bicyclic) bond motifs is 2. The normalized spacial score (nSPS) is 24.5. The van der Waals surface area contributed by atoms with E-state index in [0.717, 1.165) is 34.8 Å². The fourth-order valence-electron chi connectivity index (χ4n) is 6.44. The second-order valence-electron chi connectivity index (χ2n) is 11.6. The van der Waals surface area contributed by atoms with Gasteiger partial charge in [0.15, 0.2) is 11.2 Å². The zero-order valence-corrected chi connectivity index (χ0v) is 24.1. The van der Waals surface area contributed by atoms with E-state index < -0.39 is 36.4 Å². The second kappa shape index (κ2) is 10.4. The minimum absolute atomic E-state index is 0.0718. The van der Waals surface area contributed by atoms with Crippen molar-refractivity contribution in [2.75, 3.05) is 19.0 Å². The maximum absolute atomic E-state index is 13.7. The van der Waals surface area contributed by atoms with Gasteiger partial charge in [-0.15, -0.1) is 0 Å². The van der Waals surface area contributed by atoms with Gasteiger partial charge in [-0.2, -0.15) is 5.10 Å². The Hall–Kier alpha value is -4.42. The number of hydrogen-bond donors (Lipinski definition) is 2. The highest BCUT2D eigenvalue weighted by molar-refractivity contribution is 5.87. The van der Waals surface area contributed by atoms with E-state index in [1.807, 2.05) is 6.07 Å². The summed E-state index contributed by atoms with van der Waals surface area (Å²) in [5, 5.41) is 11.3. The van der Waals surface area contributed by atoms with E-state index in [1.54, 1.807) is 23.9 Å². The second-order valence-corrected chi connectivity index (χ2v) is 11.6. The Balaban J connectivity index is 1.30. The van der Waals surface area contributed by atoms with E-state index in [4.69, 9.17) is 15.2 Å². The molecule has 13 nitrogen and oxygen atoms in total. The number of nitrogens with one attached hydrogen (secondary N) is 2. The molecule has 3 aliphatic carbocycles. The lowest BCUT2D eigenvalue weighted by Crippen LogP contribution is -2.49. The summed E-state index contributed by atoms with van der Waals surface area (Å²) in [6.07, 6.45) is 7.15. The number of methoxy groups -OCH3 is 1. The van der Waals surface area contributed by atoms with Crippen LogP contribution in [0.1, 0.15) is 81.3 Å². The number of alkyl carbamates (subject to hydrolysis) is 1. The van der Waals surface area contributed by atoms with Crippen LogP contribution in [0.15, 0.2) is 29.3 Å². The molecule has 0 saturated heterocycles. The zero-order chi connectivity index (χ0) is 33.3. The number of aryl methyl sites for hydroxylation is 1. The van der Waals surface area contributed by atoms with Gasteiger partial charge in [-0.25, -0.2) is 29.0 Å². The molecule has 3 saturated carbocycles. The van der Waals surface area contributed by atoms with E-state index >= 15 is 0 Å². The molecule has 3 aliphatic rings. The maximum Gasteiger partial charge on any atom is 0.407 e. The lowest BCUT2D eigenvalue weighted by atomic mass is 9.77. The van der Waals surface area contributed by atoms with Gasteiger partial charge in [0.1, 0.15) is 11.6 Å². The van der Waals surface area contributed by atoms with Crippen LogP contribution < -0.4 is 16.3 Å². The maximum atomic E-state index is 13.7. The molecule has 4 heterocycles. The van der Waals surface area contributed by atoms with Crippen LogP contribution >= 0.6 is 0 Å². The number of rotatable bonds is 8. The summed E-state index contributed by atoms with van der Waals surface area (Å²) in [6.45, 7) is -0.734. The zero-order valence-electron chi connectivity index (χ0n) is 28.1. The summed E-state index contributed by atoms with van der Waals surface area (Å²) in [5.74, 6) is 0.793. The first kappa shape index (κ1) is 23.1. The summed E-state index contributed by atoms with van der Waals surface area (Å²) in [6, 6.07) is 1.59. The third kappa shape index (κ3) is 4.52. The number of ether oxygens (including phenoxy) is 2. The van der Waals surface area contributed by atoms with Crippen molar-refractivity contribution >= 4 is 45.8 Å². The van der Waals surface area contributed by atoms with Crippen LogP contribution in [-0.2, 0) is 26.8 Å². The van der Waals surface area contributed by atoms with Crippen molar-refractivity contribution in [2.45, 2.75) is 81.8 Å². The van der Waals surface area contributed by atoms with Gasteiger partial charge < -0.3 is 20.1 Å². The fourth-order valence-corrected chi connectivity index (χ4v) is 6.44. The molecule has 7 rings (SSSR count). The Bertz CT molecular complexity index is 1960. The minimum atomic E-state index is -2.78. The van der Waals surface area contributed by atoms with Crippen molar-refractivity contribution in [2.24, 2.45) is 6.98 Å². The van der Waals surface area contributed by atoms with Gasteiger partial charge in [0.2, 0.25) is 0 Å². The Morgan fingerprint density at radius 1 is 1.16 bits per heavy atom. The van der Waals surface area contributed by atoms with Gasteiger partial charge in [0.05, 0.1) is 38.5 Å².